The topological polar surface area (TPSA) is 26.3 Å². The summed E-state index contributed by atoms with van der Waals surface area (Å²) in [7, 11) is 1.52. The molecule has 0 spiro atoms. The zero-order valence-corrected chi connectivity index (χ0v) is 5.89. The minimum Gasteiger partial charge on any atom is -0.374 e. The van der Waals surface area contributed by atoms with E-state index in [0.29, 0.717) is 6.42 Å². The van der Waals surface area contributed by atoms with Crippen molar-refractivity contribution in [2.24, 2.45) is 0 Å². The first-order chi connectivity index (χ1) is 4.20. The summed E-state index contributed by atoms with van der Waals surface area (Å²) in [6.07, 6.45) is 1.11. The number of ether oxygens (including phenoxy) is 1. The highest BCUT2D eigenvalue weighted by Gasteiger charge is 2.02. The summed E-state index contributed by atoms with van der Waals surface area (Å²) in [4.78, 5) is 10.1. The molecule has 0 aliphatic rings. The lowest BCUT2D eigenvalue weighted by atomic mass is 10.2. The SMILES string of the molecule is C=C(C)CC(C=O)OC. The van der Waals surface area contributed by atoms with E-state index in [4.69, 9.17) is 4.74 Å². The molecule has 52 valence electrons. The molecule has 0 amide bonds. The summed E-state index contributed by atoms with van der Waals surface area (Å²) in [6, 6.07) is 0. The minimum atomic E-state index is -0.303. The predicted molar refractivity (Wildman–Crippen MR) is 36.3 cm³/mol. The van der Waals surface area contributed by atoms with Gasteiger partial charge in [0.25, 0.3) is 0 Å². The zero-order valence-electron chi connectivity index (χ0n) is 5.89. The Kier molecular flexibility index (Phi) is 3.97. The second-order valence-corrected chi connectivity index (χ2v) is 2.07. The second-order valence-electron chi connectivity index (χ2n) is 2.07. The Morgan fingerprint density at radius 3 is 2.56 bits per heavy atom. The van der Waals surface area contributed by atoms with Gasteiger partial charge in [-0.3, -0.25) is 0 Å². The van der Waals surface area contributed by atoms with Gasteiger partial charge in [-0.15, -0.1) is 6.58 Å². The van der Waals surface area contributed by atoms with Crippen LogP contribution >= 0.6 is 0 Å². The van der Waals surface area contributed by atoms with Crippen molar-refractivity contribution in [3.8, 4) is 0 Å². The van der Waals surface area contributed by atoms with Gasteiger partial charge in [-0.25, -0.2) is 0 Å². The fraction of sp³-hybridized carbons (Fsp3) is 0.571. The summed E-state index contributed by atoms with van der Waals surface area (Å²) in [5.74, 6) is 0. The molecular weight excluding hydrogens is 116 g/mol. The van der Waals surface area contributed by atoms with Crippen LogP contribution in [-0.2, 0) is 9.53 Å². The van der Waals surface area contributed by atoms with Gasteiger partial charge < -0.3 is 9.53 Å². The van der Waals surface area contributed by atoms with Gasteiger partial charge in [-0.05, 0) is 6.92 Å². The second kappa shape index (κ2) is 4.27. The van der Waals surface area contributed by atoms with E-state index in [1.54, 1.807) is 0 Å². The van der Waals surface area contributed by atoms with Crippen molar-refractivity contribution in [3.63, 3.8) is 0 Å². The van der Waals surface area contributed by atoms with Gasteiger partial charge in [-0.1, -0.05) is 5.57 Å². The summed E-state index contributed by atoms with van der Waals surface area (Å²) < 4.78 is 4.78. The van der Waals surface area contributed by atoms with Crippen molar-refractivity contribution in [1.29, 1.82) is 0 Å². The highest BCUT2D eigenvalue weighted by atomic mass is 16.5. The molecule has 2 heteroatoms. The maximum atomic E-state index is 10.1. The van der Waals surface area contributed by atoms with Crippen LogP contribution in [0.1, 0.15) is 13.3 Å². The maximum Gasteiger partial charge on any atom is 0.149 e. The van der Waals surface area contributed by atoms with E-state index in [1.807, 2.05) is 6.92 Å². The van der Waals surface area contributed by atoms with E-state index in [1.165, 1.54) is 7.11 Å². The monoisotopic (exact) mass is 128 g/mol. The first-order valence-electron chi connectivity index (χ1n) is 2.83. The lowest BCUT2D eigenvalue weighted by Gasteiger charge is -2.05. The predicted octanol–water partition coefficient (Wildman–Crippen LogP) is 1.17. The first-order valence-corrected chi connectivity index (χ1v) is 2.83. The first kappa shape index (κ1) is 8.37. The molecule has 1 unspecified atom stereocenters. The largest absolute Gasteiger partial charge is 0.374 e. The molecule has 0 rings (SSSR count). The molecule has 0 fully saturated rings. The Balaban J connectivity index is 3.55. The van der Waals surface area contributed by atoms with Crippen LogP contribution in [0.3, 0.4) is 0 Å². The van der Waals surface area contributed by atoms with Crippen molar-refractivity contribution < 1.29 is 9.53 Å². The fourth-order valence-electron chi connectivity index (χ4n) is 0.530. The van der Waals surface area contributed by atoms with E-state index in [0.717, 1.165) is 11.9 Å². The van der Waals surface area contributed by atoms with Crippen LogP contribution in [0.2, 0.25) is 0 Å². The minimum absolute atomic E-state index is 0.303. The zero-order chi connectivity index (χ0) is 7.28. The normalized spacial score (nSPS) is 12.7. The Bertz CT molecular complexity index is 107. The molecule has 0 radical (unpaired) electrons. The van der Waals surface area contributed by atoms with Crippen LogP contribution in [0.25, 0.3) is 0 Å². The highest BCUT2D eigenvalue weighted by molar-refractivity contribution is 5.56. The average molecular weight is 128 g/mol. The third kappa shape index (κ3) is 3.91. The molecule has 0 heterocycles. The van der Waals surface area contributed by atoms with Crippen LogP contribution in [0.5, 0.6) is 0 Å². The molecular formula is C7H12O2. The standard InChI is InChI=1S/C7H12O2/c1-6(2)4-7(5-8)9-3/h5,7H,1,4H2,2-3H3. The van der Waals surface area contributed by atoms with Gasteiger partial charge in [0, 0.05) is 13.5 Å². The molecule has 0 N–H and O–H groups in total. The molecule has 2 nitrogen and oxygen atoms in total. The van der Waals surface area contributed by atoms with Gasteiger partial charge in [0.05, 0.1) is 0 Å². The quantitative estimate of drug-likeness (QED) is 0.419. The van der Waals surface area contributed by atoms with Crippen LogP contribution in [0.15, 0.2) is 12.2 Å². The smallest absolute Gasteiger partial charge is 0.149 e. The summed E-state index contributed by atoms with van der Waals surface area (Å²) in [5, 5.41) is 0. The molecule has 9 heavy (non-hydrogen) atoms. The molecule has 0 bridgehead atoms. The van der Waals surface area contributed by atoms with Gasteiger partial charge in [-0.2, -0.15) is 0 Å². The summed E-state index contributed by atoms with van der Waals surface area (Å²) in [6.45, 7) is 5.52. The summed E-state index contributed by atoms with van der Waals surface area (Å²) >= 11 is 0. The number of carbonyl (C=O) groups excluding carboxylic acids is 1. The fourth-order valence-corrected chi connectivity index (χ4v) is 0.530. The van der Waals surface area contributed by atoms with Gasteiger partial charge >= 0.3 is 0 Å². The van der Waals surface area contributed by atoms with Gasteiger partial charge in [0.15, 0.2) is 0 Å². The number of methoxy groups -OCH3 is 1. The van der Waals surface area contributed by atoms with Gasteiger partial charge in [0.2, 0.25) is 0 Å². The number of aldehydes is 1. The third-order valence-corrected chi connectivity index (χ3v) is 1.00. The van der Waals surface area contributed by atoms with Gasteiger partial charge in [0.1, 0.15) is 12.4 Å². The summed E-state index contributed by atoms with van der Waals surface area (Å²) in [5.41, 5.74) is 0.967. The average Bonchev–Trinajstić information content (AvgIpc) is 1.82. The lowest BCUT2D eigenvalue weighted by molar-refractivity contribution is -0.116. The van der Waals surface area contributed by atoms with Crippen molar-refractivity contribution in [2.45, 2.75) is 19.4 Å². The molecule has 0 aromatic carbocycles. The van der Waals surface area contributed by atoms with Crippen LogP contribution in [0, 0.1) is 0 Å². The van der Waals surface area contributed by atoms with E-state index >= 15 is 0 Å². The van der Waals surface area contributed by atoms with E-state index in [-0.39, 0.29) is 6.10 Å². The molecule has 0 aromatic rings. The van der Waals surface area contributed by atoms with Crippen molar-refractivity contribution in [2.75, 3.05) is 7.11 Å². The highest BCUT2D eigenvalue weighted by Crippen LogP contribution is 2.01. The number of carbonyl (C=O) groups is 1. The number of hydrogen-bond donors (Lipinski definition) is 0. The van der Waals surface area contributed by atoms with Crippen LogP contribution in [-0.4, -0.2) is 19.5 Å². The Labute approximate surface area is 55.5 Å². The number of rotatable bonds is 4. The molecule has 0 aliphatic carbocycles. The van der Waals surface area contributed by atoms with Crippen molar-refractivity contribution >= 4 is 6.29 Å². The Hall–Kier alpha value is -0.630. The molecule has 0 aromatic heterocycles. The van der Waals surface area contributed by atoms with Crippen molar-refractivity contribution in [1.82, 2.24) is 0 Å². The van der Waals surface area contributed by atoms with E-state index in [2.05, 4.69) is 6.58 Å². The molecule has 0 aliphatic heterocycles. The third-order valence-electron chi connectivity index (χ3n) is 1.00. The molecule has 0 saturated carbocycles. The number of hydrogen-bond acceptors (Lipinski definition) is 2. The maximum absolute atomic E-state index is 10.1. The molecule has 1 atom stereocenters. The lowest BCUT2D eigenvalue weighted by Crippen LogP contribution is -2.11. The van der Waals surface area contributed by atoms with Crippen LogP contribution < -0.4 is 0 Å². The van der Waals surface area contributed by atoms with E-state index in [9.17, 15) is 4.79 Å². The van der Waals surface area contributed by atoms with E-state index < -0.39 is 0 Å². The Morgan fingerprint density at radius 2 is 2.44 bits per heavy atom. The van der Waals surface area contributed by atoms with Crippen molar-refractivity contribution in [3.05, 3.63) is 12.2 Å². The molecule has 0 saturated heterocycles. The van der Waals surface area contributed by atoms with Crippen LogP contribution in [0.4, 0.5) is 0 Å². The Morgan fingerprint density at radius 1 is 1.89 bits per heavy atom.